The molecular weight excluding hydrogens is 246 g/mol. The topological polar surface area (TPSA) is 49.3 Å². The Bertz CT molecular complexity index is 326. The summed E-state index contributed by atoms with van der Waals surface area (Å²) in [4.78, 5) is 11.5. The van der Waals surface area contributed by atoms with E-state index in [0.29, 0.717) is 5.56 Å². The van der Waals surface area contributed by atoms with Gasteiger partial charge in [-0.2, -0.15) is 0 Å². The molecule has 1 aromatic carbocycles. The highest BCUT2D eigenvalue weighted by Gasteiger charge is 2.05. The van der Waals surface area contributed by atoms with E-state index in [0.717, 1.165) is 4.47 Å². The molecule has 4 heteroatoms. The van der Waals surface area contributed by atoms with Crippen LogP contribution in [0.15, 0.2) is 28.7 Å². The van der Waals surface area contributed by atoms with Gasteiger partial charge in [0.05, 0.1) is 6.10 Å². The first kappa shape index (κ1) is 11.2. The van der Waals surface area contributed by atoms with Crippen LogP contribution in [0.1, 0.15) is 17.3 Å². The lowest BCUT2D eigenvalue weighted by molar-refractivity contribution is 0.0924. The first-order valence-corrected chi connectivity index (χ1v) is 5.10. The number of aliphatic hydroxyl groups excluding tert-OH is 1. The Kier molecular flexibility index (Phi) is 4.10. The van der Waals surface area contributed by atoms with Crippen molar-refractivity contribution in [2.75, 3.05) is 6.54 Å². The maximum absolute atomic E-state index is 11.5. The van der Waals surface area contributed by atoms with Crippen molar-refractivity contribution in [2.45, 2.75) is 13.0 Å². The molecule has 0 aromatic heterocycles. The summed E-state index contributed by atoms with van der Waals surface area (Å²) in [5.41, 5.74) is 0.583. The highest BCUT2D eigenvalue weighted by Crippen LogP contribution is 2.11. The van der Waals surface area contributed by atoms with Gasteiger partial charge in [-0.3, -0.25) is 4.79 Å². The van der Waals surface area contributed by atoms with Gasteiger partial charge in [-0.25, -0.2) is 0 Å². The molecule has 0 aliphatic heterocycles. The second-order valence-corrected chi connectivity index (χ2v) is 3.99. The Labute approximate surface area is 91.3 Å². The molecule has 3 nitrogen and oxygen atoms in total. The highest BCUT2D eigenvalue weighted by molar-refractivity contribution is 9.10. The van der Waals surface area contributed by atoms with Crippen LogP contribution in [0.3, 0.4) is 0 Å². The molecule has 14 heavy (non-hydrogen) atoms. The number of benzene rings is 1. The monoisotopic (exact) mass is 257 g/mol. The van der Waals surface area contributed by atoms with Gasteiger partial charge in [0.2, 0.25) is 0 Å². The number of halogens is 1. The van der Waals surface area contributed by atoms with Gasteiger partial charge in [-0.1, -0.05) is 22.0 Å². The average molecular weight is 258 g/mol. The third-order valence-corrected chi connectivity index (χ3v) is 2.14. The fourth-order valence-electron chi connectivity index (χ4n) is 0.972. The van der Waals surface area contributed by atoms with E-state index in [9.17, 15) is 4.79 Å². The predicted molar refractivity (Wildman–Crippen MR) is 58.2 cm³/mol. The van der Waals surface area contributed by atoms with Crippen molar-refractivity contribution < 1.29 is 9.90 Å². The molecule has 1 atom stereocenters. The van der Waals surface area contributed by atoms with E-state index in [4.69, 9.17) is 5.11 Å². The third-order valence-electron chi connectivity index (χ3n) is 1.64. The Morgan fingerprint density at radius 3 is 2.93 bits per heavy atom. The first-order valence-electron chi connectivity index (χ1n) is 4.31. The fraction of sp³-hybridized carbons (Fsp3) is 0.300. The molecule has 0 aliphatic rings. The van der Waals surface area contributed by atoms with Crippen LogP contribution >= 0.6 is 15.9 Å². The predicted octanol–water partition coefficient (Wildman–Crippen LogP) is 1.56. The Morgan fingerprint density at radius 1 is 1.64 bits per heavy atom. The van der Waals surface area contributed by atoms with Gasteiger partial charge >= 0.3 is 0 Å². The van der Waals surface area contributed by atoms with Crippen LogP contribution in [0, 0.1) is 0 Å². The minimum absolute atomic E-state index is 0.174. The van der Waals surface area contributed by atoms with E-state index in [2.05, 4.69) is 21.2 Å². The van der Waals surface area contributed by atoms with Crippen LogP contribution in [0.4, 0.5) is 0 Å². The maximum Gasteiger partial charge on any atom is 0.251 e. The molecule has 0 radical (unpaired) electrons. The lowest BCUT2D eigenvalue weighted by Crippen LogP contribution is -2.30. The molecule has 0 spiro atoms. The minimum Gasteiger partial charge on any atom is -0.392 e. The molecule has 1 unspecified atom stereocenters. The first-order chi connectivity index (χ1) is 6.59. The van der Waals surface area contributed by atoms with Crippen LogP contribution in [-0.4, -0.2) is 23.7 Å². The lowest BCUT2D eigenvalue weighted by atomic mass is 10.2. The van der Waals surface area contributed by atoms with Gasteiger partial charge in [0, 0.05) is 16.6 Å². The molecule has 0 heterocycles. The quantitative estimate of drug-likeness (QED) is 0.864. The standard InChI is InChI=1S/C10H12BrNO2/c1-7(13)6-12-10(14)8-3-2-4-9(11)5-8/h2-5,7,13H,6H2,1H3,(H,12,14). The smallest absolute Gasteiger partial charge is 0.251 e. The molecule has 0 saturated heterocycles. The minimum atomic E-state index is -0.522. The Morgan fingerprint density at radius 2 is 2.36 bits per heavy atom. The summed E-state index contributed by atoms with van der Waals surface area (Å²) in [5, 5.41) is 11.6. The van der Waals surface area contributed by atoms with Crippen LogP contribution in [0.25, 0.3) is 0 Å². The second-order valence-electron chi connectivity index (χ2n) is 3.07. The van der Waals surface area contributed by atoms with E-state index in [1.807, 2.05) is 6.07 Å². The lowest BCUT2D eigenvalue weighted by Gasteiger charge is -2.06. The summed E-state index contributed by atoms with van der Waals surface area (Å²) in [6.45, 7) is 1.90. The molecule has 1 amide bonds. The molecule has 0 bridgehead atoms. The van der Waals surface area contributed by atoms with Crippen LogP contribution in [0.2, 0.25) is 0 Å². The highest BCUT2D eigenvalue weighted by atomic mass is 79.9. The maximum atomic E-state index is 11.5. The van der Waals surface area contributed by atoms with Gasteiger partial charge in [-0.05, 0) is 25.1 Å². The van der Waals surface area contributed by atoms with Crippen LogP contribution < -0.4 is 5.32 Å². The zero-order valence-electron chi connectivity index (χ0n) is 7.83. The van der Waals surface area contributed by atoms with Gasteiger partial charge in [0.15, 0.2) is 0 Å². The summed E-state index contributed by atoms with van der Waals surface area (Å²) in [5.74, 6) is -0.174. The van der Waals surface area contributed by atoms with Crippen molar-refractivity contribution in [3.63, 3.8) is 0 Å². The van der Waals surface area contributed by atoms with Crippen molar-refractivity contribution in [2.24, 2.45) is 0 Å². The van der Waals surface area contributed by atoms with E-state index in [-0.39, 0.29) is 12.5 Å². The average Bonchev–Trinajstić information content (AvgIpc) is 2.14. The number of hydrogen-bond acceptors (Lipinski definition) is 2. The Hall–Kier alpha value is -0.870. The van der Waals surface area contributed by atoms with Crippen molar-refractivity contribution in [3.05, 3.63) is 34.3 Å². The fourth-order valence-corrected chi connectivity index (χ4v) is 1.37. The van der Waals surface area contributed by atoms with Gasteiger partial charge in [-0.15, -0.1) is 0 Å². The van der Waals surface area contributed by atoms with E-state index in [1.165, 1.54) is 0 Å². The number of carbonyl (C=O) groups excluding carboxylic acids is 1. The number of hydrogen-bond donors (Lipinski definition) is 2. The van der Waals surface area contributed by atoms with Crippen LogP contribution in [-0.2, 0) is 0 Å². The van der Waals surface area contributed by atoms with Gasteiger partial charge in [0.1, 0.15) is 0 Å². The normalized spacial score (nSPS) is 12.2. The number of carbonyl (C=O) groups is 1. The summed E-state index contributed by atoms with van der Waals surface area (Å²) in [7, 11) is 0. The number of aliphatic hydroxyl groups is 1. The number of amides is 1. The molecule has 0 aliphatic carbocycles. The van der Waals surface area contributed by atoms with Gasteiger partial charge < -0.3 is 10.4 Å². The zero-order valence-corrected chi connectivity index (χ0v) is 9.41. The number of nitrogens with one attached hydrogen (secondary N) is 1. The molecule has 2 N–H and O–H groups in total. The summed E-state index contributed by atoms with van der Waals surface area (Å²) in [6, 6.07) is 7.10. The van der Waals surface area contributed by atoms with E-state index < -0.39 is 6.10 Å². The van der Waals surface area contributed by atoms with Crippen molar-refractivity contribution in [1.82, 2.24) is 5.32 Å². The van der Waals surface area contributed by atoms with Crippen molar-refractivity contribution in [1.29, 1.82) is 0 Å². The second kappa shape index (κ2) is 5.12. The van der Waals surface area contributed by atoms with Crippen molar-refractivity contribution in [3.8, 4) is 0 Å². The van der Waals surface area contributed by atoms with E-state index >= 15 is 0 Å². The number of rotatable bonds is 3. The van der Waals surface area contributed by atoms with Crippen molar-refractivity contribution >= 4 is 21.8 Å². The summed E-state index contributed by atoms with van der Waals surface area (Å²) < 4.78 is 0.863. The SMILES string of the molecule is CC(O)CNC(=O)c1cccc(Br)c1. The molecular formula is C10H12BrNO2. The van der Waals surface area contributed by atoms with Gasteiger partial charge in [0.25, 0.3) is 5.91 Å². The molecule has 76 valence electrons. The molecule has 1 aromatic rings. The summed E-state index contributed by atoms with van der Waals surface area (Å²) in [6.07, 6.45) is -0.522. The van der Waals surface area contributed by atoms with Crippen LogP contribution in [0.5, 0.6) is 0 Å². The molecule has 1 rings (SSSR count). The summed E-state index contributed by atoms with van der Waals surface area (Å²) >= 11 is 3.28. The zero-order chi connectivity index (χ0) is 10.6. The molecule has 0 fully saturated rings. The largest absolute Gasteiger partial charge is 0.392 e. The Balaban J connectivity index is 2.61. The molecule has 0 saturated carbocycles. The third kappa shape index (κ3) is 3.47. The van der Waals surface area contributed by atoms with E-state index in [1.54, 1.807) is 25.1 Å².